The Kier molecular flexibility index (Phi) is 3.60. The lowest BCUT2D eigenvalue weighted by Crippen LogP contribution is -2.36. The van der Waals surface area contributed by atoms with Gasteiger partial charge in [0.25, 0.3) is 0 Å². The number of morpholine rings is 1. The molecule has 0 atom stereocenters. The van der Waals surface area contributed by atoms with Gasteiger partial charge in [-0.1, -0.05) is 17.5 Å². The van der Waals surface area contributed by atoms with Crippen molar-refractivity contribution < 1.29 is 4.74 Å². The van der Waals surface area contributed by atoms with E-state index in [1.807, 2.05) is 0 Å². The average molecular weight is 238 g/mol. The Morgan fingerprint density at radius 3 is 2.81 bits per heavy atom. The topological polar surface area (TPSA) is 38.2 Å². The van der Waals surface area contributed by atoms with Crippen LogP contribution in [0.5, 0.6) is 0 Å². The molecule has 0 radical (unpaired) electrons. The van der Waals surface area contributed by atoms with E-state index in [9.17, 15) is 0 Å². The second kappa shape index (κ2) is 5.15. The highest BCUT2D eigenvalue weighted by molar-refractivity contribution is 6.29. The highest BCUT2D eigenvalue weighted by Gasteiger charge is 2.15. The van der Waals surface area contributed by atoms with E-state index in [0.29, 0.717) is 10.8 Å². The molecule has 0 amide bonds. The fourth-order valence-corrected chi connectivity index (χ4v) is 1.75. The summed E-state index contributed by atoms with van der Waals surface area (Å²) in [5.74, 6) is 5.77. The Morgan fingerprint density at radius 1 is 1.38 bits per heavy atom. The van der Waals surface area contributed by atoms with Crippen LogP contribution in [0.2, 0.25) is 5.15 Å². The molecule has 0 unspecified atom stereocenters. The molecule has 0 N–H and O–H groups in total. The number of hydrogen-bond donors (Lipinski definition) is 0. The van der Waals surface area contributed by atoms with E-state index in [2.05, 4.69) is 26.9 Å². The van der Waals surface area contributed by atoms with Gasteiger partial charge in [0, 0.05) is 19.2 Å². The summed E-state index contributed by atoms with van der Waals surface area (Å²) in [7, 11) is 0. The smallest absolute Gasteiger partial charge is 0.159 e. The Balaban J connectivity index is 2.34. The summed E-state index contributed by atoms with van der Waals surface area (Å²) >= 11 is 5.86. The van der Waals surface area contributed by atoms with Crippen LogP contribution in [-0.4, -0.2) is 36.5 Å². The monoisotopic (exact) mass is 237 g/mol. The molecule has 2 heterocycles. The maximum absolute atomic E-state index is 5.86. The highest BCUT2D eigenvalue weighted by atomic mass is 35.5. The van der Waals surface area contributed by atoms with Crippen LogP contribution < -0.4 is 4.90 Å². The van der Waals surface area contributed by atoms with Gasteiger partial charge in [-0.25, -0.2) is 0 Å². The van der Waals surface area contributed by atoms with Crippen LogP contribution in [0.15, 0.2) is 6.07 Å². The van der Waals surface area contributed by atoms with E-state index in [1.54, 1.807) is 13.0 Å². The minimum atomic E-state index is 0.392. The van der Waals surface area contributed by atoms with Crippen LogP contribution in [0.4, 0.5) is 5.69 Å². The number of rotatable bonds is 1. The third kappa shape index (κ3) is 2.43. The summed E-state index contributed by atoms with van der Waals surface area (Å²) in [6, 6.07) is 1.81. The molecule has 0 aromatic carbocycles. The van der Waals surface area contributed by atoms with Gasteiger partial charge in [0.1, 0.15) is 0 Å². The van der Waals surface area contributed by atoms with Crippen molar-refractivity contribution in [1.29, 1.82) is 0 Å². The molecule has 0 spiro atoms. The van der Waals surface area contributed by atoms with E-state index >= 15 is 0 Å². The molecular formula is C11H12ClN3O. The summed E-state index contributed by atoms with van der Waals surface area (Å²) < 4.78 is 5.30. The standard InChI is InChI=1S/C11H12ClN3O/c1-2-3-9-10(8-11(12)14-13-9)15-4-6-16-7-5-15/h8H,4-7H2,1H3. The third-order valence-electron chi connectivity index (χ3n) is 2.34. The number of halogens is 1. The molecule has 1 fully saturated rings. The largest absolute Gasteiger partial charge is 0.378 e. The zero-order valence-electron chi connectivity index (χ0n) is 9.03. The van der Waals surface area contributed by atoms with Gasteiger partial charge >= 0.3 is 0 Å². The van der Waals surface area contributed by atoms with Crippen molar-refractivity contribution in [3.05, 3.63) is 16.9 Å². The zero-order valence-corrected chi connectivity index (χ0v) is 9.79. The fourth-order valence-electron chi connectivity index (χ4n) is 1.61. The first-order valence-electron chi connectivity index (χ1n) is 5.10. The van der Waals surface area contributed by atoms with Crippen molar-refractivity contribution in [2.24, 2.45) is 0 Å². The summed E-state index contributed by atoms with van der Waals surface area (Å²) in [5.41, 5.74) is 1.62. The van der Waals surface area contributed by atoms with Crippen molar-refractivity contribution in [2.45, 2.75) is 6.92 Å². The fraction of sp³-hybridized carbons (Fsp3) is 0.455. The van der Waals surface area contributed by atoms with Crippen LogP contribution >= 0.6 is 11.6 Å². The first-order chi connectivity index (χ1) is 7.81. The van der Waals surface area contributed by atoms with Gasteiger partial charge in [0.2, 0.25) is 0 Å². The molecule has 4 nitrogen and oxygen atoms in total. The summed E-state index contributed by atoms with van der Waals surface area (Å²) in [6.07, 6.45) is 0. The highest BCUT2D eigenvalue weighted by Crippen LogP contribution is 2.21. The number of aromatic nitrogens is 2. The number of hydrogen-bond acceptors (Lipinski definition) is 4. The molecule has 0 aliphatic carbocycles. The molecule has 1 aliphatic heterocycles. The number of ether oxygens (including phenoxy) is 1. The van der Waals surface area contributed by atoms with E-state index in [0.717, 1.165) is 32.0 Å². The SMILES string of the molecule is CC#Cc1nnc(Cl)cc1N1CCOCC1. The first-order valence-corrected chi connectivity index (χ1v) is 5.47. The van der Waals surface area contributed by atoms with Gasteiger partial charge in [0.05, 0.1) is 18.9 Å². The molecule has 1 aromatic rings. The Bertz CT molecular complexity index is 433. The van der Waals surface area contributed by atoms with E-state index < -0.39 is 0 Å². The van der Waals surface area contributed by atoms with Crippen molar-refractivity contribution >= 4 is 17.3 Å². The quantitative estimate of drug-likeness (QED) is 0.691. The average Bonchev–Trinajstić information content (AvgIpc) is 2.33. The van der Waals surface area contributed by atoms with Crippen LogP contribution in [0, 0.1) is 11.8 Å². The van der Waals surface area contributed by atoms with Gasteiger partial charge in [-0.3, -0.25) is 0 Å². The molecule has 1 aromatic heterocycles. The van der Waals surface area contributed by atoms with Crippen molar-refractivity contribution in [2.75, 3.05) is 31.2 Å². The van der Waals surface area contributed by atoms with Gasteiger partial charge < -0.3 is 9.64 Å². The molecule has 1 saturated heterocycles. The van der Waals surface area contributed by atoms with Crippen molar-refractivity contribution in [1.82, 2.24) is 10.2 Å². The predicted octanol–water partition coefficient (Wildman–Crippen LogP) is 1.34. The predicted molar refractivity (Wildman–Crippen MR) is 62.6 cm³/mol. The molecule has 1 aliphatic rings. The van der Waals surface area contributed by atoms with Crippen LogP contribution in [0.25, 0.3) is 0 Å². The zero-order chi connectivity index (χ0) is 11.4. The molecule has 0 bridgehead atoms. The van der Waals surface area contributed by atoms with Crippen molar-refractivity contribution in [3.8, 4) is 11.8 Å². The molecule has 16 heavy (non-hydrogen) atoms. The van der Waals surface area contributed by atoms with E-state index in [4.69, 9.17) is 16.3 Å². The molecule has 2 rings (SSSR count). The van der Waals surface area contributed by atoms with Crippen LogP contribution in [-0.2, 0) is 4.74 Å². The van der Waals surface area contributed by atoms with Gasteiger partial charge in [0.15, 0.2) is 10.8 Å². The van der Waals surface area contributed by atoms with Gasteiger partial charge in [-0.15, -0.1) is 10.2 Å². The maximum atomic E-state index is 5.86. The van der Waals surface area contributed by atoms with E-state index in [-0.39, 0.29) is 0 Å². The van der Waals surface area contributed by atoms with Crippen molar-refractivity contribution in [3.63, 3.8) is 0 Å². The molecular weight excluding hydrogens is 226 g/mol. The molecule has 0 saturated carbocycles. The summed E-state index contributed by atoms with van der Waals surface area (Å²) in [4.78, 5) is 2.17. The summed E-state index contributed by atoms with van der Waals surface area (Å²) in [6.45, 7) is 4.89. The Hall–Kier alpha value is -1.31. The lowest BCUT2D eigenvalue weighted by Gasteiger charge is -2.29. The minimum absolute atomic E-state index is 0.392. The number of nitrogens with zero attached hydrogens (tertiary/aromatic N) is 3. The Morgan fingerprint density at radius 2 is 2.12 bits per heavy atom. The first kappa shape index (κ1) is 11.2. The lowest BCUT2D eigenvalue weighted by atomic mass is 10.2. The Labute approximate surface area is 99.6 Å². The third-order valence-corrected chi connectivity index (χ3v) is 2.52. The van der Waals surface area contributed by atoms with Gasteiger partial charge in [-0.05, 0) is 12.8 Å². The lowest BCUT2D eigenvalue weighted by molar-refractivity contribution is 0.122. The van der Waals surface area contributed by atoms with Gasteiger partial charge in [-0.2, -0.15) is 0 Å². The van der Waals surface area contributed by atoms with Crippen LogP contribution in [0.1, 0.15) is 12.6 Å². The maximum Gasteiger partial charge on any atom is 0.159 e. The second-order valence-electron chi connectivity index (χ2n) is 3.38. The molecule has 5 heteroatoms. The minimum Gasteiger partial charge on any atom is -0.378 e. The normalized spacial score (nSPS) is 15.5. The molecule has 84 valence electrons. The second-order valence-corrected chi connectivity index (χ2v) is 3.76. The number of anilines is 1. The van der Waals surface area contributed by atoms with Crippen LogP contribution in [0.3, 0.4) is 0 Å². The summed E-state index contributed by atoms with van der Waals surface area (Å²) in [5, 5.41) is 8.21. The van der Waals surface area contributed by atoms with E-state index in [1.165, 1.54) is 0 Å².